The van der Waals surface area contributed by atoms with Crippen LogP contribution in [0, 0.1) is 12.7 Å². The molecule has 2 heterocycles. The van der Waals surface area contributed by atoms with Crippen molar-refractivity contribution in [1.29, 1.82) is 0 Å². The van der Waals surface area contributed by atoms with Crippen molar-refractivity contribution in [2.24, 2.45) is 0 Å². The third kappa shape index (κ3) is 3.12. The topological polar surface area (TPSA) is 46.3 Å². The molecule has 3 aromatic rings. The molecule has 132 valence electrons. The summed E-state index contributed by atoms with van der Waals surface area (Å²) in [6.45, 7) is 2.76. The average molecular weight is 350 g/mol. The number of hydrogen-bond donors (Lipinski definition) is 0. The highest BCUT2D eigenvalue weighted by atomic mass is 19.1. The van der Waals surface area contributed by atoms with E-state index < -0.39 is 0 Å². The number of likely N-dealkylation sites (tertiary alicyclic amines) is 1. The summed E-state index contributed by atoms with van der Waals surface area (Å²) in [5, 5.41) is 3.95. The smallest absolute Gasteiger partial charge is 0.276 e. The molecular formula is C21H19FN2O2. The second kappa shape index (κ2) is 6.75. The Morgan fingerprint density at radius 2 is 2.00 bits per heavy atom. The molecule has 1 atom stereocenters. The van der Waals surface area contributed by atoms with Crippen molar-refractivity contribution in [2.45, 2.75) is 25.8 Å². The normalized spacial score (nSPS) is 16.8. The van der Waals surface area contributed by atoms with Gasteiger partial charge in [-0.1, -0.05) is 35.0 Å². The molecule has 2 aromatic carbocycles. The predicted molar refractivity (Wildman–Crippen MR) is 96.1 cm³/mol. The summed E-state index contributed by atoms with van der Waals surface area (Å²) < 4.78 is 18.4. The third-order valence-corrected chi connectivity index (χ3v) is 4.80. The highest BCUT2D eigenvalue weighted by Crippen LogP contribution is 2.33. The number of amides is 1. The summed E-state index contributed by atoms with van der Waals surface area (Å²) in [6.07, 6.45) is 1.91. The Kier molecular flexibility index (Phi) is 4.29. The number of halogens is 1. The van der Waals surface area contributed by atoms with Crippen molar-refractivity contribution in [1.82, 2.24) is 10.1 Å². The van der Waals surface area contributed by atoms with E-state index in [0.717, 1.165) is 18.4 Å². The first kappa shape index (κ1) is 16.5. The Bertz CT molecular complexity index is 933. The van der Waals surface area contributed by atoms with Crippen molar-refractivity contribution in [3.8, 4) is 11.3 Å². The van der Waals surface area contributed by atoms with Crippen LogP contribution in [0.5, 0.6) is 0 Å². The standard InChI is InChI=1S/C21H19FN2O2/c1-14-4-2-5-16(12-14)19-6-3-11-24(19)21(25)18-13-20(26-23-18)15-7-9-17(22)10-8-15/h2,4-5,7-10,12-13,19H,3,6,11H2,1H3/t19-/m1/s1. The van der Waals surface area contributed by atoms with Gasteiger partial charge in [-0.3, -0.25) is 4.79 Å². The monoisotopic (exact) mass is 350 g/mol. The Balaban J connectivity index is 1.58. The maximum absolute atomic E-state index is 13.1. The lowest BCUT2D eigenvalue weighted by molar-refractivity contribution is 0.0725. The molecular weight excluding hydrogens is 331 g/mol. The summed E-state index contributed by atoms with van der Waals surface area (Å²) in [5.74, 6) is 0.00778. The van der Waals surface area contributed by atoms with Gasteiger partial charge in [-0.05, 0) is 49.6 Å². The van der Waals surface area contributed by atoms with Crippen LogP contribution < -0.4 is 0 Å². The van der Waals surface area contributed by atoms with Gasteiger partial charge in [-0.2, -0.15) is 0 Å². The molecule has 0 saturated carbocycles. The summed E-state index contributed by atoms with van der Waals surface area (Å²) in [7, 11) is 0. The van der Waals surface area contributed by atoms with Crippen molar-refractivity contribution in [2.75, 3.05) is 6.54 Å². The molecule has 0 unspecified atom stereocenters. The maximum Gasteiger partial charge on any atom is 0.276 e. The first-order chi connectivity index (χ1) is 12.6. The zero-order chi connectivity index (χ0) is 18.1. The van der Waals surface area contributed by atoms with Gasteiger partial charge in [0.2, 0.25) is 0 Å². The van der Waals surface area contributed by atoms with Gasteiger partial charge in [0.05, 0.1) is 6.04 Å². The second-order valence-corrected chi connectivity index (χ2v) is 6.65. The van der Waals surface area contributed by atoms with Crippen molar-refractivity contribution >= 4 is 5.91 Å². The van der Waals surface area contributed by atoms with Gasteiger partial charge in [0.1, 0.15) is 5.82 Å². The van der Waals surface area contributed by atoms with E-state index in [1.165, 1.54) is 17.7 Å². The van der Waals surface area contributed by atoms with Crippen LogP contribution in [-0.4, -0.2) is 22.5 Å². The molecule has 1 fully saturated rings. The van der Waals surface area contributed by atoms with Crippen LogP contribution in [0.3, 0.4) is 0 Å². The number of benzene rings is 2. The van der Waals surface area contributed by atoms with E-state index in [1.54, 1.807) is 18.2 Å². The number of carbonyl (C=O) groups is 1. The lowest BCUT2D eigenvalue weighted by Gasteiger charge is -2.24. The van der Waals surface area contributed by atoms with Crippen molar-refractivity contribution < 1.29 is 13.7 Å². The molecule has 1 saturated heterocycles. The minimum Gasteiger partial charge on any atom is -0.355 e. The largest absolute Gasteiger partial charge is 0.355 e. The lowest BCUT2D eigenvalue weighted by Crippen LogP contribution is -2.30. The SMILES string of the molecule is Cc1cccc([C@H]2CCCN2C(=O)c2cc(-c3ccc(F)cc3)on2)c1. The molecule has 1 aliphatic heterocycles. The zero-order valence-corrected chi connectivity index (χ0v) is 14.5. The zero-order valence-electron chi connectivity index (χ0n) is 14.5. The van der Waals surface area contributed by atoms with E-state index in [4.69, 9.17) is 4.52 Å². The van der Waals surface area contributed by atoms with Crippen LogP contribution >= 0.6 is 0 Å². The molecule has 4 nitrogen and oxygen atoms in total. The molecule has 1 aliphatic rings. The number of carbonyl (C=O) groups excluding carboxylic acids is 1. The van der Waals surface area contributed by atoms with Gasteiger partial charge >= 0.3 is 0 Å². The summed E-state index contributed by atoms with van der Waals surface area (Å²) in [6, 6.07) is 15.9. The first-order valence-electron chi connectivity index (χ1n) is 8.72. The van der Waals surface area contributed by atoms with Crippen molar-refractivity contribution in [3.63, 3.8) is 0 Å². The Morgan fingerprint density at radius 1 is 1.19 bits per heavy atom. The molecule has 0 aliphatic carbocycles. The second-order valence-electron chi connectivity index (χ2n) is 6.65. The molecule has 0 radical (unpaired) electrons. The number of rotatable bonds is 3. The quantitative estimate of drug-likeness (QED) is 0.684. The fourth-order valence-electron chi connectivity index (χ4n) is 3.51. The van der Waals surface area contributed by atoms with E-state index in [2.05, 4.69) is 30.3 Å². The average Bonchev–Trinajstić information content (AvgIpc) is 3.32. The minimum absolute atomic E-state index is 0.0633. The number of nitrogens with zero attached hydrogens (tertiary/aromatic N) is 2. The molecule has 1 aromatic heterocycles. The number of aryl methyl sites for hydroxylation is 1. The van der Waals surface area contributed by atoms with Gasteiger partial charge in [0.15, 0.2) is 11.5 Å². The fraction of sp³-hybridized carbons (Fsp3) is 0.238. The van der Waals surface area contributed by atoms with Crippen LogP contribution in [0.2, 0.25) is 0 Å². The van der Waals surface area contributed by atoms with Crippen LogP contribution in [-0.2, 0) is 0 Å². The molecule has 4 rings (SSSR count). The molecule has 5 heteroatoms. The minimum atomic E-state index is -0.317. The van der Waals surface area contributed by atoms with Gasteiger partial charge < -0.3 is 9.42 Å². The van der Waals surface area contributed by atoms with Crippen molar-refractivity contribution in [3.05, 3.63) is 77.2 Å². The van der Waals surface area contributed by atoms with E-state index in [-0.39, 0.29) is 23.5 Å². The molecule has 0 N–H and O–H groups in total. The van der Waals surface area contributed by atoms with E-state index in [0.29, 0.717) is 17.9 Å². The van der Waals surface area contributed by atoms with Crippen LogP contribution in [0.15, 0.2) is 59.1 Å². The highest BCUT2D eigenvalue weighted by Gasteiger charge is 2.32. The third-order valence-electron chi connectivity index (χ3n) is 4.80. The van der Waals surface area contributed by atoms with E-state index in [1.807, 2.05) is 11.0 Å². The van der Waals surface area contributed by atoms with Crippen LogP contribution in [0.1, 0.15) is 40.5 Å². The van der Waals surface area contributed by atoms with Crippen LogP contribution in [0.4, 0.5) is 4.39 Å². The Labute approximate surface area is 151 Å². The molecule has 0 bridgehead atoms. The van der Waals surface area contributed by atoms with Gasteiger partial charge in [-0.15, -0.1) is 0 Å². The van der Waals surface area contributed by atoms with Gasteiger partial charge in [0.25, 0.3) is 5.91 Å². The predicted octanol–water partition coefficient (Wildman–Crippen LogP) is 4.77. The molecule has 26 heavy (non-hydrogen) atoms. The first-order valence-corrected chi connectivity index (χ1v) is 8.72. The maximum atomic E-state index is 13.1. The molecule has 0 spiro atoms. The summed E-state index contributed by atoms with van der Waals surface area (Å²) >= 11 is 0. The molecule has 1 amide bonds. The Hall–Kier alpha value is -2.95. The number of hydrogen-bond acceptors (Lipinski definition) is 3. The van der Waals surface area contributed by atoms with E-state index in [9.17, 15) is 9.18 Å². The van der Waals surface area contributed by atoms with Gasteiger partial charge in [0, 0.05) is 18.2 Å². The summed E-state index contributed by atoms with van der Waals surface area (Å²) in [4.78, 5) is 14.8. The fourth-order valence-corrected chi connectivity index (χ4v) is 3.51. The highest BCUT2D eigenvalue weighted by molar-refractivity contribution is 5.93. The Morgan fingerprint density at radius 3 is 2.77 bits per heavy atom. The number of aromatic nitrogens is 1. The lowest BCUT2D eigenvalue weighted by atomic mass is 10.0. The van der Waals surface area contributed by atoms with Crippen LogP contribution in [0.25, 0.3) is 11.3 Å². The summed E-state index contributed by atoms with van der Waals surface area (Å²) in [5.41, 5.74) is 3.30. The van der Waals surface area contributed by atoms with Gasteiger partial charge in [-0.25, -0.2) is 4.39 Å². The van der Waals surface area contributed by atoms with E-state index >= 15 is 0 Å².